The van der Waals surface area contributed by atoms with Gasteiger partial charge in [-0.15, -0.1) is 0 Å². The van der Waals surface area contributed by atoms with Crippen molar-refractivity contribution in [1.29, 1.82) is 0 Å². The van der Waals surface area contributed by atoms with Gasteiger partial charge in [0.25, 0.3) is 0 Å². The van der Waals surface area contributed by atoms with E-state index in [2.05, 4.69) is 10.3 Å². The smallest absolute Gasteiger partial charge is 0.406 e. The molecular formula is C10H11N3O6. The van der Waals surface area contributed by atoms with E-state index in [0.29, 0.717) is 0 Å². The molecule has 0 radical (unpaired) electrons. The van der Waals surface area contributed by atoms with E-state index >= 15 is 0 Å². The zero-order chi connectivity index (χ0) is 14.4. The molecule has 1 rings (SSSR count). The minimum Gasteiger partial charge on any atom is -0.483 e. The Kier molecular flexibility index (Phi) is 4.75. The third kappa shape index (κ3) is 4.22. The minimum atomic E-state index is -1.30. The molecule has 9 nitrogen and oxygen atoms in total. The number of hydrogen-bond acceptors (Lipinski definition) is 6. The molecule has 0 fully saturated rings. The molecule has 0 aromatic carbocycles. The molecule has 2 N–H and O–H groups in total. The monoisotopic (exact) mass is 269 g/mol. The maximum absolute atomic E-state index is 10.8. The Morgan fingerprint density at radius 2 is 2.32 bits per heavy atom. The molecule has 1 aromatic heterocycles. The molecular weight excluding hydrogens is 258 g/mol. The van der Waals surface area contributed by atoms with Gasteiger partial charge in [0.15, 0.2) is 6.04 Å². The summed E-state index contributed by atoms with van der Waals surface area (Å²) < 4.78 is 5.02. The lowest BCUT2D eigenvalue weighted by molar-refractivity contribution is -0.390. The van der Waals surface area contributed by atoms with Gasteiger partial charge in [-0.25, -0.2) is 4.79 Å². The van der Waals surface area contributed by atoms with Gasteiger partial charge in [0, 0.05) is 6.92 Å². The number of pyridine rings is 1. The van der Waals surface area contributed by atoms with E-state index in [1.807, 2.05) is 0 Å². The molecule has 0 saturated carbocycles. The minimum absolute atomic E-state index is 0.163. The summed E-state index contributed by atoms with van der Waals surface area (Å²) in [5, 5.41) is 21.6. The highest BCUT2D eigenvalue weighted by atomic mass is 16.6. The maximum atomic E-state index is 10.8. The first-order valence-electron chi connectivity index (χ1n) is 5.14. The van der Waals surface area contributed by atoms with Crippen molar-refractivity contribution in [2.75, 3.05) is 6.61 Å². The third-order valence-electron chi connectivity index (χ3n) is 2.00. The van der Waals surface area contributed by atoms with Crippen molar-refractivity contribution in [2.24, 2.45) is 0 Å². The Bertz CT molecular complexity index is 504. The number of nitro groups is 1. The third-order valence-corrected chi connectivity index (χ3v) is 2.00. The topological polar surface area (TPSA) is 132 Å². The van der Waals surface area contributed by atoms with Crippen LogP contribution in [0.25, 0.3) is 0 Å². The molecule has 1 heterocycles. The van der Waals surface area contributed by atoms with Crippen LogP contribution < -0.4 is 10.1 Å². The summed E-state index contributed by atoms with van der Waals surface area (Å²) in [6.07, 6.45) is 1.22. The Hall–Kier alpha value is -2.71. The molecule has 0 bridgehead atoms. The molecule has 9 heteroatoms. The van der Waals surface area contributed by atoms with Crippen molar-refractivity contribution in [2.45, 2.75) is 13.0 Å². The molecule has 0 aliphatic heterocycles. The Morgan fingerprint density at radius 1 is 1.63 bits per heavy atom. The lowest BCUT2D eigenvalue weighted by Gasteiger charge is -2.13. The van der Waals surface area contributed by atoms with Crippen LogP contribution in [0.3, 0.4) is 0 Å². The van der Waals surface area contributed by atoms with E-state index < -0.39 is 35.3 Å². The lowest BCUT2D eigenvalue weighted by Crippen LogP contribution is -2.43. The summed E-state index contributed by atoms with van der Waals surface area (Å²) in [6, 6.07) is 1.41. The maximum Gasteiger partial charge on any atom is 0.406 e. The summed E-state index contributed by atoms with van der Waals surface area (Å²) in [4.78, 5) is 35.0. The van der Waals surface area contributed by atoms with Crippen molar-refractivity contribution in [3.05, 3.63) is 28.4 Å². The van der Waals surface area contributed by atoms with E-state index in [4.69, 9.17) is 9.84 Å². The van der Waals surface area contributed by atoms with Gasteiger partial charge in [-0.3, -0.25) is 4.79 Å². The molecule has 0 spiro atoms. The molecule has 1 atom stereocenters. The van der Waals surface area contributed by atoms with Gasteiger partial charge >= 0.3 is 11.8 Å². The molecule has 0 aliphatic rings. The highest BCUT2D eigenvalue weighted by Gasteiger charge is 2.22. The second-order valence-electron chi connectivity index (χ2n) is 3.48. The lowest BCUT2D eigenvalue weighted by atomic mass is 10.3. The molecule has 0 saturated heterocycles. The van der Waals surface area contributed by atoms with Crippen molar-refractivity contribution in [1.82, 2.24) is 10.3 Å². The van der Waals surface area contributed by atoms with Gasteiger partial charge in [-0.05, 0) is 22.0 Å². The molecule has 0 aliphatic carbocycles. The van der Waals surface area contributed by atoms with Crippen LogP contribution in [-0.4, -0.2) is 39.5 Å². The van der Waals surface area contributed by atoms with E-state index in [0.717, 1.165) is 6.92 Å². The summed E-state index contributed by atoms with van der Waals surface area (Å²) >= 11 is 0. The SMILES string of the molecule is CC(=O)NC(COc1cccnc1[N+](=O)[O-])C(=O)O. The van der Waals surface area contributed by atoms with Gasteiger partial charge in [-0.2, -0.15) is 0 Å². The van der Waals surface area contributed by atoms with Crippen molar-refractivity contribution < 1.29 is 24.4 Å². The zero-order valence-electron chi connectivity index (χ0n) is 9.90. The Labute approximate surface area is 107 Å². The second kappa shape index (κ2) is 6.28. The summed E-state index contributed by atoms with van der Waals surface area (Å²) in [7, 11) is 0. The van der Waals surface area contributed by atoms with E-state index in [1.54, 1.807) is 0 Å². The quantitative estimate of drug-likeness (QED) is 0.546. The highest BCUT2D eigenvalue weighted by Crippen LogP contribution is 2.22. The normalized spacial score (nSPS) is 11.4. The Balaban J connectivity index is 2.77. The summed E-state index contributed by atoms with van der Waals surface area (Å²) in [5.41, 5.74) is 0. The number of carbonyl (C=O) groups is 2. The Morgan fingerprint density at radius 3 is 2.84 bits per heavy atom. The summed E-state index contributed by atoms with van der Waals surface area (Å²) in [5.74, 6) is -2.53. The number of carboxylic acid groups (broad SMARTS) is 1. The van der Waals surface area contributed by atoms with Gasteiger partial charge in [0.2, 0.25) is 11.7 Å². The van der Waals surface area contributed by atoms with E-state index in [-0.39, 0.29) is 5.75 Å². The largest absolute Gasteiger partial charge is 0.483 e. The van der Waals surface area contributed by atoms with Crippen molar-refractivity contribution in [3.8, 4) is 5.75 Å². The first-order valence-corrected chi connectivity index (χ1v) is 5.14. The summed E-state index contributed by atoms with van der Waals surface area (Å²) in [6.45, 7) is 0.712. The number of carboxylic acids is 1. The fourth-order valence-corrected chi connectivity index (χ4v) is 1.23. The number of aromatic nitrogens is 1. The number of rotatable bonds is 6. The van der Waals surface area contributed by atoms with Crippen LogP contribution in [0.1, 0.15) is 6.92 Å². The predicted molar refractivity (Wildman–Crippen MR) is 61.6 cm³/mol. The average Bonchev–Trinajstić information content (AvgIpc) is 2.34. The van der Waals surface area contributed by atoms with E-state index in [9.17, 15) is 19.7 Å². The fourth-order valence-electron chi connectivity index (χ4n) is 1.23. The van der Waals surface area contributed by atoms with E-state index in [1.165, 1.54) is 18.3 Å². The molecule has 1 amide bonds. The zero-order valence-corrected chi connectivity index (χ0v) is 9.90. The fraction of sp³-hybridized carbons (Fsp3) is 0.300. The van der Waals surface area contributed by atoms with Gasteiger partial charge < -0.3 is 25.3 Å². The number of nitrogens with zero attached hydrogens (tertiary/aromatic N) is 2. The van der Waals surface area contributed by atoms with Crippen LogP contribution in [-0.2, 0) is 9.59 Å². The van der Waals surface area contributed by atoms with Crippen LogP contribution in [0.5, 0.6) is 5.75 Å². The number of amides is 1. The van der Waals surface area contributed by atoms with Gasteiger partial charge in [0.05, 0.1) is 0 Å². The standard InChI is InChI=1S/C10H11N3O6/c1-6(14)12-7(10(15)16)5-19-8-3-2-4-11-9(8)13(17)18/h2-4,7H,5H2,1H3,(H,12,14)(H,15,16). The van der Waals surface area contributed by atoms with Crippen LogP contribution >= 0.6 is 0 Å². The van der Waals surface area contributed by atoms with Gasteiger partial charge in [0.1, 0.15) is 12.8 Å². The highest BCUT2D eigenvalue weighted by molar-refractivity contribution is 5.82. The molecule has 19 heavy (non-hydrogen) atoms. The second-order valence-corrected chi connectivity index (χ2v) is 3.48. The van der Waals surface area contributed by atoms with Crippen molar-refractivity contribution in [3.63, 3.8) is 0 Å². The number of carbonyl (C=O) groups excluding carboxylic acids is 1. The molecule has 1 unspecified atom stereocenters. The predicted octanol–water partition coefficient (Wildman–Crippen LogP) is -0.0421. The van der Waals surface area contributed by atoms with Crippen LogP contribution in [0.15, 0.2) is 18.3 Å². The first-order chi connectivity index (χ1) is 8.91. The van der Waals surface area contributed by atoms with Crippen LogP contribution in [0, 0.1) is 10.1 Å². The number of nitrogens with one attached hydrogen (secondary N) is 1. The van der Waals surface area contributed by atoms with Crippen LogP contribution in [0.2, 0.25) is 0 Å². The molecule has 1 aromatic rings. The number of hydrogen-bond donors (Lipinski definition) is 2. The average molecular weight is 269 g/mol. The first kappa shape index (κ1) is 14.4. The van der Waals surface area contributed by atoms with Crippen LogP contribution in [0.4, 0.5) is 5.82 Å². The number of aliphatic carboxylic acids is 1. The van der Waals surface area contributed by atoms with Gasteiger partial charge in [-0.1, -0.05) is 0 Å². The molecule has 102 valence electrons. The van der Waals surface area contributed by atoms with Crippen molar-refractivity contribution >= 4 is 17.7 Å². The number of ether oxygens (including phenoxy) is 1.